The number of rotatable bonds is 3. The molecule has 1 fully saturated rings. The number of hydrogen-bond donors (Lipinski definition) is 0. The summed E-state index contributed by atoms with van der Waals surface area (Å²) >= 11 is 3.41. The molecule has 0 N–H and O–H groups in total. The number of carbonyl (C=O) groups excluding carboxylic acids is 1. The van der Waals surface area contributed by atoms with Gasteiger partial charge < -0.3 is 4.90 Å². The molecule has 1 saturated heterocycles. The number of para-hydroxylation sites is 1. The molecule has 2 aromatic carbocycles. The zero-order chi connectivity index (χ0) is 21.4. The smallest absolute Gasteiger partial charge is 0.261 e. The van der Waals surface area contributed by atoms with E-state index in [9.17, 15) is 9.59 Å². The number of fused-ring (bicyclic) bond motifs is 1. The third kappa shape index (κ3) is 3.79. The predicted molar refractivity (Wildman–Crippen MR) is 122 cm³/mol. The van der Waals surface area contributed by atoms with Crippen LogP contribution < -0.4 is 5.56 Å². The number of halogens is 1. The molecule has 7 heteroatoms. The molecule has 2 heterocycles. The van der Waals surface area contributed by atoms with Gasteiger partial charge in [-0.25, -0.2) is 4.98 Å². The van der Waals surface area contributed by atoms with E-state index in [1.807, 2.05) is 53.4 Å². The first-order chi connectivity index (χ1) is 14.4. The summed E-state index contributed by atoms with van der Waals surface area (Å²) in [5.41, 5.74) is 1.39. The Kier molecular flexibility index (Phi) is 5.75. The van der Waals surface area contributed by atoms with Crippen LogP contribution in [0, 0.1) is 0 Å². The molecule has 1 aromatic heterocycles. The summed E-state index contributed by atoms with van der Waals surface area (Å²) in [7, 11) is 1.78. The Bertz CT molecular complexity index is 1140. The third-order valence-electron chi connectivity index (χ3n) is 5.95. The van der Waals surface area contributed by atoms with E-state index in [2.05, 4.69) is 34.7 Å². The second kappa shape index (κ2) is 8.32. The summed E-state index contributed by atoms with van der Waals surface area (Å²) in [5.74, 6) is 0.803. The van der Waals surface area contributed by atoms with Crippen LogP contribution >= 0.6 is 15.9 Å². The van der Waals surface area contributed by atoms with Crippen LogP contribution in [0.3, 0.4) is 0 Å². The Hall–Kier alpha value is -2.51. The van der Waals surface area contributed by atoms with Crippen LogP contribution in [-0.2, 0) is 7.05 Å². The van der Waals surface area contributed by atoms with Gasteiger partial charge in [0.05, 0.1) is 16.9 Å². The number of amides is 1. The number of nitrogens with zero attached hydrogens (tertiary/aromatic N) is 4. The summed E-state index contributed by atoms with van der Waals surface area (Å²) in [4.78, 5) is 34.7. The largest absolute Gasteiger partial charge is 0.333 e. The van der Waals surface area contributed by atoms with Crippen molar-refractivity contribution in [2.75, 3.05) is 19.6 Å². The maximum absolute atomic E-state index is 12.9. The lowest BCUT2D eigenvalue weighted by molar-refractivity contribution is 0.0392. The molecular formula is C23H25BrN4O2. The standard InChI is InChI=1S/C23H25BrN4O2/c1-15-14-27(12-13-28(15)22(29)17-8-10-18(24)11-9-17)16(2)21-25-20-7-5-4-6-19(20)23(30)26(21)3/h4-11,15-16H,12-14H2,1-3H3. The van der Waals surface area contributed by atoms with Gasteiger partial charge in [0.25, 0.3) is 11.5 Å². The molecule has 6 nitrogen and oxygen atoms in total. The number of piperazine rings is 1. The van der Waals surface area contributed by atoms with Crippen LogP contribution in [0.4, 0.5) is 0 Å². The fourth-order valence-corrected chi connectivity index (χ4v) is 4.43. The zero-order valence-electron chi connectivity index (χ0n) is 17.4. The second-order valence-electron chi connectivity index (χ2n) is 7.88. The lowest BCUT2D eigenvalue weighted by Gasteiger charge is -2.42. The monoisotopic (exact) mass is 468 g/mol. The second-order valence-corrected chi connectivity index (χ2v) is 8.79. The summed E-state index contributed by atoms with van der Waals surface area (Å²) < 4.78 is 2.61. The van der Waals surface area contributed by atoms with Crippen LogP contribution in [0.15, 0.2) is 57.8 Å². The summed E-state index contributed by atoms with van der Waals surface area (Å²) in [6.45, 7) is 6.25. The molecule has 0 radical (unpaired) electrons. The van der Waals surface area contributed by atoms with Crippen molar-refractivity contribution < 1.29 is 4.79 Å². The maximum Gasteiger partial charge on any atom is 0.261 e. The molecule has 3 aromatic rings. The number of carbonyl (C=O) groups is 1. The van der Waals surface area contributed by atoms with Gasteiger partial charge in [-0.2, -0.15) is 0 Å². The Morgan fingerprint density at radius 2 is 1.83 bits per heavy atom. The van der Waals surface area contributed by atoms with Crippen molar-refractivity contribution in [3.8, 4) is 0 Å². The molecule has 156 valence electrons. The van der Waals surface area contributed by atoms with Crippen LogP contribution in [0.1, 0.15) is 36.1 Å². The molecule has 0 aliphatic carbocycles. The van der Waals surface area contributed by atoms with Crippen molar-refractivity contribution in [2.24, 2.45) is 7.05 Å². The first-order valence-corrected chi connectivity index (χ1v) is 10.9. The van der Waals surface area contributed by atoms with E-state index < -0.39 is 0 Å². The highest BCUT2D eigenvalue weighted by atomic mass is 79.9. The topological polar surface area (TPSA) is 58.4 Å². The first-order valence-electron chi connectivity index (χ1n) is 10.1. The van der Waals surface area contributed by atoms with E-state index in [-0.39, 0.29) is 23.6 Å². The van der Waals surface area contributed by atoms with E-state index in [0.29, 0.717) is 17.5 Å². The van der Waals surface area contributed by atoms with Crippen molar-refractivity contribution in [2.45, 2.75) is 25.9 Å². The average Bonchev–Trinajstić information content (AvgIpc) is 2.76. The van der Waals surface area contributed by atoms with Gasteiger partial charge in [-0.05, 0) is 50.2 Å². The fourth-order valence-electron chi connectivity index (χ4n) is 4.17. The molecule has 0 saturated carbocycles. The Labute approximate surface area is 184 Å². The molecule has 1 aliphatic heterocycles. The number of benzene rings is 2. The van der Waals surface area contributed by atoms with E-state index in [1.165, 1.54) is 0 Å². The highest BCUT2D eigenvalue weighted by molar-refractivity contribution is 9.10. The summed E-state index contributed by atoms with van der Waals surface area (Å²) in [5, 5.41) is 0.634. The van der Waals surface area contributed by atoms with Gasteiger partial charge in [0.2, 0.25) is 0 Å². The molecule has 30 heavy (non-hydrogen) atoms. The van der Waals surface area contributed by atoms with Crippen LogP contribution in [0.5, 0.6) is 0 Å². The van der Waals surface area contributed by atoms with Gasteiger partial charge in [-0.15, -0.1) is 0 Å². The normalized spacial score (nSPS) is 18.5. The lowest BCUT2D eigenvalue weighted by Crippen LogP contribution is -2.54. The van der Waals surface area contributed by atoms with Crippen LogP contribution in [0.25, 0.3) is 10.9 Å². The lowest BCUT2D eigenvalue weighted by atomic mass is 10.1. The van der Waals surface area contributed by atoms with Crippen molar-refractivity contribution in [1.29, 1.82) is 0 Å². The zero-order valence-corrected chi connectivity index (χ0v) is 19.0. The minimum absolute atomic E-state index is 0.0281. The molecule has 0 spiro atoms. The minimum atomic E-state index is -0.0282. The Morgan fingerprint density at radius 3 is 2.53 bits per heavy atom. The van der Waals surface area contributed by atoms with Gasteiger partial charge in [0.15, 0.2) is 0 Å². The number of aromatic nitrogens is 2. The van der Waals surface area contributed by atoms with Gasteiger partial charge in [-0.1, -0.05) is 28.1 Å². The molecule has 1 aliphatic rings. The van der Waals surface area contributed by atoms with E-state index >= 15 is 0 Å². The van der Waals surface area contributed by atoms with E-state index in [1.54, 1.807) is 11.6 Å². The van der Waals surface area contributed by atoms with Gasteiger partial charge in [0.1, 0.15) is 5.82 Å². The Balaban J connectivity index is 1.54. The maximum atomic E-state index is 12.9. The van der Waals surface area contributed by atoms with Gasteiger partial charge >= 0.3 is 0 Å². The molecule has 0 bridgehead atoms. The first kappa shape index (κ1) is 20.8. The van der Waals surface area contributed by atoms with E-state index in [0.717, 1.165) is 28.9 Å². The van der Waals surface area contributed by atoms with Gasteiger partial charge in [0, 0.05) is 42.8 Å². The van der Waals surface area contributed by atoms with E-state index in [4.69, 9.17) is 4.98 Å². The van der Waals surface area contributed by atoms with Crippen molar-refractivity contribution in [3.05, 3.63) is 74.7 Å². The van der Waals surface area contributed by atoms with Gasteiger partial charge in [-0.3, -0.25) is 19.1 Å². The van der Waals surface area contributed by atoms with Crippen molar-refractivity contribution in [3.63, 3.8) is 0 Å². The summed E-state index contributed by atoms with van der Waals surface area (Å²) in [6.07, 6.45) is 0. The molecule has 1 amide bonds. The molecule has 4 rings (SSSR count). The highest BCUT2D eigenvalue weighted by Gasteiger charge is 2.31. The fraction of sp³-hybridized carbons (Fsp3) is 0.348. The molecular weight excluding hydrogens is 444 g/mol. The summed E-state index contributed by atoms with van der Waals surface area (Å²) in [6, 6.07) is 15.0. The highest BCUT2D eigenvalue weighted by Crippen LogP contribution is 2.24. The molecule has 2 unspecified atom stereocenters. The molecule has 2 atom stereocenters. The van der Waals surface area contributed by atoms with Crippen molar-refractivity contribution >= 4 is 32.7 Å². The quantitative estimate of drug-likeness (QED) is 0.588. The van der Waals surface area contributed by atoms with Crippen molar-refractivity contribution in [1.82, 2.24) is 19.4 Å². The SMILES string of the molecule is CC(c1nc2ccccc2c(=O)n1C)N1CCN(C(=O)c2ccc(Br)cc2)C(C)C1. The van der Waals surface area contributed by atoms with Crippen LogP contribution in [0.2, 0.25) is 0 Å². The number of hydrogen-bond acceptors (Lipinski definition) is 4. The predicted octanol–water partition coefficient (Wildman–Crippen LogP) is 3.60. The third-order valence-corrected chi connectivity index (χ3v) is 6.48. The Morgan fingerprint density at radius 1 is 1.13 bits per heavy atom. The minimum Gasteiger partial charge on any atom is -0.333 e. The average molecular weight is 469 g/mol. The van der Waals surface area contributed by atoms with Crippen LogP contribution in [-0.4, -0.2) is 50.9 Å².